The zero-order valence-corrected chi connectivity index (χ0v) is 19.8. The van der Waals surface area contributed by atoms with E-state index in [1.165, 1.54) is 12.1 Å². The Labute approximate surface area is 201 Å². The Morgan fingerprint density at radius 1 is 1.09 bits per heavy atom. The van der Waals surface area contributed by atoms with Crippen LogP contribution in [-0.4, -0.2) is 40.6 Å². The summed E-state index contributed by atoms with van der Waals surface area (Å²) in [5, 5.41) is 2.71. The van der Waals surface area contributed by atoms with Crippen LogP contribution >= 0.6 is 0 Å². The van der Waals surface area contributed by atoms with Gasteiger partial charge in [0.1, 0.15) is 11.1 Å². The molecule has 4 rings (SSSR count). The van der Waals surface area contributed by atoms with Crippen LogP contribution in [-0.2, 0) is 10.2 Å². The number of amides is 1. The highest BCUT2D eigenvalue weighted by molar-refractivity contribution is 6.02. The number of hydrogen-bond donors (Lipinski definition) is 1. The van der Waals surface area contributed by atoms with Gasteiger partial charge in [-0.3, -0.25) is 9.78 Å². The molecule has 0 bridgehead atoms. The quantitative estimate of drug-likeness (QED) is 0.520. The van der Waals surface area contributed by atoms with Gasteiger partial charge in [0, 0.05) is 30.7 Å². The Bertz CT molecular complexity index is 1250. The minimum atomic E-state index is -3.10. The van der Waals surface area contributed by atoms with Crippen LogP contribution < -0.4 is 15.0 Å². The molecule has 7 nitrogen and oxygen atoms in total. The van der Waals surface area contributed by atoms with Crippen molar-refractivity contribution in [3.05, 3.63) is 71.1 Å². The number of nitrogens with one attached hydrogen (secondary N) is 1. The Kier molecular flexibility index (Phi) is 6.64. The second-order valence-electron chi connectivity index (χ2n) is 8.93. The zero-order chi connectivity index (χ0) is 25.3. The summed E-state index contributed by atoms with van der Waals surface area (Å²) >= 11 is 0. The van der Waals surface area contributed by atoms with Crippen molar-refractivity contribution in [3.63, 3.8) is 0 Å². The van der Waals surface area contributed by atoms with Crippen molar-refractivity contribution in [1.82, 2.24) is 15.0 Å². The Morgan fingerprint density at radius 2 is 1.77 bits per heavy atom. The first-order chi connectivity index (χ1) is 16.6. The number of anilines is 2. The van der Waals surface area contributed by atoms with E-state index >= 15 is 0 Å². The normalized spacial score (nSPS) is 14.7. The number of ether oxygens (including phenoxy) is 1. The minimum Gasteiger partial charge on any atom is -0.415 e. The predicted octanol–water partition coefficient (Wildman–Crippen LogP) is 4.75. The summed E-state index contributed by atoms with van der Waals surface area (Å²) in [7, 11) is 0. The van der Waals surface area contributed by atoms with E-state index in [4.69, 9.17) is 0 Å². The van der Waals surface area contributed by atoms with Gasteiger partial charge in [0.25, 0.3) is 0 Å². The number of carbonyl (C=O) groups is 1. The largest absolute Gasteiger partial charge is 0.415 e. The summed E-state index contributed by atoms with van der Waals surface area (Å²) in [6.45, 7) is 4.47. The molecule has 1 amide bonds. The number of rotatable bonds is 7. The fourth-order valence-electron chi connectivity index (χ4n) is 4.23. The van der Waals surface area contributed by atoms with Gasteiger partial charge in [0.05, 0.1) is 5.69 Å². The van der Waals surface area contributed by atoms with Crippen molar-refractivity contribution in [2.75, 3.05) is 23.3 Å². The Hall–Kier alpha value is -3.69. The van der Waals surface area contributed by atoms with Gasteiger partial charge in [-0.25, -0.2) is 14.4 Å². The van der Waals surface area contributed by atoms with Crippen molar-refractivity contribution >= 4 is 17.4 Å². The lowest BCUT2D eigenvalue weighted by molar-refractivity contribution is -0.122. The third kappa shape index (κ3) is 4.78. The van der Waals surface area contributed by atoms with Crippen molar-refractivity contribution < 1.29 is 22.7 Å². The van der Waals surface area contributed by atoms with Crippen molar-refractivity contribution in [1.29, 1.82) is 0 Å². The van der Waals surface area contributed by atoms with Crippen molar-refractivity contribution in [2.24, 2.45) is 0 Å². The molecule has 1 aliphatic rings. The molecule has 1 saturated heterocycles. The van der Waals surface area contributed by atoms with Crippen LogP contribution in [0.4, 0.5) is 24.7 Å². The van der Waals surface area contributed by atoms with E-state index in [1.54, 1.807) is 43.1 Å². The number of aryl methyl sites for hydroxylation is 2. The molecule has 0 radical (unpaired) electrons. The van der Waals surface area contributed by atoms with E-state index in [0.29, 0.717) is 17.1 Å². The first kappa shape index (κ1) is 24.4. The Balaban J connectivity index is 1.73. The molecular formula is C25H26F3N5O2. The number of aromatic nitrogens is 3. The van der Waals surface area contributed by atoms with E-state index in [1.807, 2.05) is 19.9 Å². The molecule has 1 fully saturated rings. The van der Waals surface area contributed by atoms with E-state index in [2.05, 4.69) is 25.0 Å². The van der Waals surface area contributed by atoms with Gasteiger partial charge < -0.3 is 15.0 Å². The van der Waals surface area contributed by atoms with E-state index in [0.717, 1.165) is 5.56 Å². The molecule has 35 heavy (non-hydrogen) atoms. The summed E-state index contributed by atoms with van der Waals surface area (Å²) in [5.41, 5.74) is 1.35. The third-order valence-corrected chi connectivity index (χ3v) is 5.99. The SMILES string of the molecule is Cc1ccc(NC(=O)C2(c3ncccc3C(C)C)CN(c3nc(C)ccc3F)C2)c(OC(F)F)n1. The van der Waals surface area contributed by atoms with Crippen LogP contribution in [0.1, 0.15) is 42.4 Å². The van der Waals surface area contributed by atoms with Crippen molar-refractivity contribution in [2.45, 2.75) is 45.6 Å². The Morgan fingerprint density at radius 3 is 2.46 bits per heavy atom. The third-order valence-electron chi connectivity index (χ3n) is 5.99. The predicted molar refractivity (Wildman–Crippen MR) is 125 cm³/mol. The van der Waals surface area contributed by atoms with E-state index in [-0.39, 0.29) is 36.4 Å². The molecular weight excluding hydrogens is 459 g/mol. The number of nitrogens with zero attached hydrogens (tertiary/aromatic N) is 4. The van der Waals surface area contributed by atoms with Crippen LogP contribution in [0.3, 0.4) is 0 Å². The number of pyridine rings is 3. The maximum absolute atomic E-state index is 14.5. The highest BCUT2D eigenvalue weighted by atomic mass is 19.3. The molecule has 3 aromatic heterocycles. The second-order valence-corrected chi connectivity index (χ2v) is 8.93. The summed E-state index contributed by atoms with van der Waals surface area (Å²) < 4.78 is 45.0. The molecule has 3 aromatic rings. The number of halogens is 3. The van der Waals surface area contributed by atoms with Crippen LogP contribution in [0.25, 0.3) is 0 Å². The van der Waals surface area contributed by atoms with Gasteiger partial charge >= 0.3 is 6.61 Å². The van der Waals surface area contributed by atoms with Crippen LogP contribution in [0, 0.1) is 19.7 Å². The average molecular weight is 486 g/mol. The number of carbonyl (C=O) groups excluding carboxylic acids is 1. The number of hydrogen-bond acceptors (Lipinski definition) is 6. The van der Waals surface area contributed by atoms with Gasteiger partial charge in [-0.15, -0.1) is 0 Å². The van der Waals surface area contributed by atoms with Crippen LogP contribution in [0.5, 0.6) is 5.88 Å². The highest BCUT2D eigenvalue weighted by Gasteiger charge is 2.54. The van der Waals surface area contributed by atoms with Gasteiger partial charge in [-0.1, -0.05) is 19.9 Å². The lowest BCUT2D eigenvalue weighted by Gasteiger charge is -2.49. The lowest BCUT2D eigenvalue weighted by atomic mass is 9.72. The molecule has 10 heteroatoms. The van der Waals surface area contributed by atoms with Crippen molar-refractivity contribution in [3.8, 4) is 5.88 Å². The average Bonchev–Trinajstić information content (AvgIpc) is 2.77. The molecule has 1 aliphatic heterocycles. The van der Waals surface area contributed by atoms with Gasteiger partial charge in [-0.2, -0.15) is 8.78 Å². The first-order valence-corrected chi connectivity index (χ1v) is 11.2. The summed E-state index contributed by atoms with van der Waals surface area (Å²) in [4.78, 5) is 28.3. The molecule has 1 N–H and O–H groups in total. The smallest absolute Gasteiger partial charge is 0.388 e. The van der Waals surface area contributed by atoms with E-state index < -0.39 is 23.8 Å². The molecule has 4 heterocycles. The van der Waals surface area contributed by atoms with Gasteiger partial charge in [0.2, 0.25) is 11.8 Å². The summed E-state index contributed by atoms with van der Waals surface area (Å²) in [6, 6.07) is 9.65. The van der Waals surface area contributed by atoms with Gasteiger partial charge in [0.15, 0.2) is 11.6 Å². The lowest BCUT2D eigenvalue weighted by Crippen LogP contribution is -2.66. The topological polar surface area (TPSA) is 80.2 Å². The molecule has 0 spiro atoms. The number of alkyl halides is 2. The molecule has 0 atom stereocenters. The highest BCUT2D eigenvalue weighted by Crippen LogP contribution is 2.41. The minimum absolute atomic E-state index is 0.0145. The monoisotopic (exact) mass is 485 g/mol. The van der Waals surface area contributed by atoms with Crippen LogP contribution in [0.2, 0.25) is 0 Å². The standard InChI is InChI=1S/C25H26F3N5O2/c1-14(2)17-6-5-11-29-20(17)25(12-33(13-25)21-18(26)9-7-15(3)30-21)23(34)32-19-10-8-16(4)31-22(19)35-24(27)28/h5-11,14,24H,12-13H2,1-4H3,(H,32,34). The summed E-state index contributed by atoms with van der Waals surface area (Å²) in [6.07, 6.45) is 1.60. The molecule has 184 valence electrons. The van der Waals surface area contributed by atoms with Gasteiger partial charge in [-0.05, 0) is 55.7 Å². The zero-order valence-electron chi connectivity index (χ0n) is 19.8. The van der Waals surface area contributed by atoms with Crippen LogP contribution in [0.15, 0.2) is 42.6 Å². The summed E-state index contributed by atoms with van der Waals surface area (Å²) in [5.74, 6) is -1.15. The van der Waals surface area contributed by atoms with E-state index in [9.17, 15) is 18.0 Å². The molecule has 0 saturated carbocycles. The molecule has 0 unspecified atom stereocenters. The first-order valence-electron chi connectivity index (χ1n) is 11.2. The maximum Gasteiger partial charge on any atom is 0.388 e. The second kappa shape index (κ2) is 9.52. The maximum atomic E-state index is 14.5. The fourth-order valence-corrected chi connectivity index (χ4v) is 4.23. The fraction of sp³-hybridized carbons (Fsp3) is 0.360. The molecule has 0 aliphatic carbocycles. The molecule has 0 aromatic carbocycles.